The minimum absolute atomic E-state index is 0.0354. The van der Waals surface area contributed by atoms with Gasteiger partial charge >= 0.3 is 0 Å². The smallest absolute Gasteiger partial charge is 0.254 e. The average molecular weight is 421 g/mol. The van der Waals surface area contributed by atoms with Crippen molar-refractivity contribution in [2.24, 2.45) is 5.92 Å². The van der Waals surface area contributed by atoms with E-state index in [0.717, 1.165) is 36.9 Å². The fourth-order valence-electron chi connectivity index (χ4n) is 4.69. The molecule has 5 rings (SSSR count). The fourth-order valence-corrected chi connectivity index (χ4v) is 4.69. The number of fused-ring (bicyclic) bond motifs is 1. The fraction of sp³-hybridized carbons (Fsp3) is 0.500. The number of aromatic nitrogens is 2. The van der Waals surface area contributed by atoms with E-state index in [1.165, 1.54) is 0 Å². The van der Waals surface area contributed by atoms with Gasteiger partial charge in [-0.05, 0) is 37.7 Å². The molecular weight excluding hydrogens is 392 g/mol. The van der Waals surface area contributed by atoms with Gasteiger partial charge in [0.1, 0.15) is 5.82 Å². The molecule has 2 aromatic rings. The van der Waals surface area contributed by atoms with E-state index in [-0.39, 0.29) is 29.2 Å². The van der Waals surface area contributed by atoms with Crippen LogP contribution in [0.1, 0.15) is 54.2 Å². The van der Waals surface area contributed by atoms with E-state index < -0.39 is 0 Å². The second kappa shape index (κ2) is 8.29. The number of carbonyl (C=O) groups is 2. The van der Waals surface area contributed by atoms with Crippen LogP contribution in [0.4, 0.5) is 0 Å². The van der Waals surface area contributed by atoms with Crippen molar-refractivity contribution in [1.29, 1.82) is 0 Å². The maximum Gasteiger partial charge on any atom is 0.254 e. The number of likely N-dealkylation sites (tertiary alicyclic amines) is 1. The summed E-state index contributed by atoms with van der Waals surface area (Å²) in [5.74, 6) is 1.21. The molecule has 1 saturated heterocycles. The van der Waals surface area contributed by atoms with Gasteiger partial charge in [0.15, 0.2) is 0 Å². The van der Waals surface area contributed by atoms with Gasteiger partial charge in [0, 0.05) is 43.5 Å². The Morgan fingerprint density at radius 3 is 2.65 bits per heavy atom. The number of amides is 2. The Kier molecular flexibility index (Phi) is 5.34. The third-order valence-electron chi connectivity index (χ3n) is 6.73. The Morgan fingerprint density at radius 1 is 1.06 bits per heavy atom. The molecule has 1 aliphatic carbocycles. The molecule has 3 heterocycles. The maximum absolute atomic E-state index is 12.7. The summed E-state index contributed by atoms with van der Waals surface area (Å²) in [6.45, 7) is 2.29. The van der Waals surface area contributed by atoms with Crippen molar-refractivity contribution < 1.29 is 9.59 Å². The molecule has 7 nitrogen and oxygen atoms in total. The first-order chi connectivity index (χ1) is 15.1. The summed E-state index contributed by atoms with van der Waals surface area (Å²) in [5.41, 5.74) is 2.51. The first-order valence-electron chi connectivity index (χ1n) is 11.3. The van der Waals surface area contributed by atoms with Gasteiger partial charge in [-0.1, -0.05) is 30.3 Å². The molecule has 1 N–H and O–H groups in total. The lowest BCUT2D eigenvalue weighted by Crippen LogP contribution is -2.40. The Hall–Kier alpha value is -2.96. The molecule has 7 heteroatoms. The molecule has 3 aliphatic rings. The van der Waals surface area contributed by atoms with Crippen LogP contribution in [-0.4, -0.2) is 51.2 Å². The lowest BCUT2D eigenvalue weighted by atomic mass is 10.0. The first kappa shape index (κ1) is 20.0. The summed E-state index contributed by atoms with van der Waals surface area (Å²) in [6.07, 6.45) is 4.54. The lowest BCUT2D eigenvalue weighted by molar-refractivity contribution is -0.133. The number of H-pyrrole nitrogens is 1. The molecule has 2 amide bonds. The molecule has 1 saturated carbocycles. The minimum atomic E-state index is -0.0904. The SMILES string of the molecule is O=C(CCc1ccccc1)N1CC[C@@H](c2nc3c(c(=O)[nH]2)CCN(C(=O)C2CC2)C3)C1. The van der Waals surface area contributed by atoms with Crippen molar-refractivity contribution in [1.82, 2.24) is 19.8 Å². The van der Waals surface area contributed by atoms with E-state index in [2.05, 4.69) is 4.98 Å². The van der Waals surface area contributed by atoms with Crippen LogP contribution in [0.5, 0.6) is 0 Å². The van der Waals surface area contributed by atoms with Gasteiger partial charge in [0.25, 0.3) is 5.56 Å². The average Bonchev–Trinajstić information content (AvgIpc) is 3.53. The molecule has 1 aromatic heterocycles. The second-order valence-electron chi connectivity index (χ2n) is 8.97. The van der Waals surface area contributed by atoms with E-state index in [0.29, 0.717) is 50.4 Å². The molecule has 1 atom stereocenters. The third kappa shape index (κ3) is 4.27. The standard InChI is InChI=1S/C24H28N4O3/c29-21(9-6-16-4-2-1-3-5-16)27-12-10-18(14-27)22-25-20-15-28(24(31)17-7-8-17)13-11-19(20)23(30)26-22/h1-5,17-18H,6-15H2,(H,25,26,30)/t18-/m1/s1. The maximum atomic E-state index is 12.7. The third-order valence-corrected chi connectivity index (χ3v) is 6.73. The highest BCUT2D eigenvalue weighted by Gasteiger charge is 2.36. The van der Waals surface area contributed by atoms with E-state index in [1.807, 2.05) is 40.1 Å². The van der Waals surface area contributed by atoms with Crippen LogP contribution in [0.2, 0.25) is 0 Å². The Morgan fingerprint density at radius 2 is 1.87 bits per heavy atom. The van der Waals surface area contributed by atoms with Crippen LogP contribution in [0.25, 0.3) is 0 Å². The Balaban J connectivity index is 1.24. The largest absolute Gasteiger partial charge is 0.342 e. The van der Waals surface area contributed by atoms with Crippen molar-refractivity contribution in [3.05, 3.63) is 63.3 Å². The van der Waals surface area contributed by atoms with Crippen molar-refractivity contribution in [3.63, 3.8) is 0 Å². The number of carbonyl (C=O) groups excluding carboxylic acids is 2. The first-order valence-corrected chi connectivity index (χ1v) is 11.3. The van der Waals surface area contributed by atoms with Crippen LogP contribution in [0.15, 0.2) is 35.1 Å². The summed E-state index contributed by atoms with van der Waals surface area (Å²) in [6, 6.07) is 10.0. The van der Waals surface area contributed by atoms with Crippen LogP contribution >= 0.6 is 0 Å². The van der Waals surface area contributed by atoms with E-state index in [4.69, 9.17) is 4.98 Å². The Labute approximate surface area is 181 Å². The van der Waals surface area contributed by atoms with Crippen LogP contribution < -0.4 is 5.56 Å². The summed E-state index contributed by atoms with van der Waals surface area (Å²) >= 11 is 0. The Bertz CT molecular complexity index is 1040. The molecule has 2 fully saturated rings. The van der Waals surface area contributed by atoms with Gasteiger partial charge in [-0.3, -0.25) is 14.4 Å². The highest BCUT2D eigenvalue weighted by Crippen LogP contribution is 2.32. The predicted octanol–water partition coefficient (Wildman–Crippen LogP) is 2.01. The quantitative estimate of drug-likeness (QED) is 0.802. The molecule has 1 aromatic carbocycles. The van der Waals surface area contributed by atoms with Gasteiger partial charge in [0.2, 0.25) is 11.8 Å². The highest BCUT2D eigenvalue weighted by atomic mass is 16.2. The van der Waals surface area contributed by atoms with Gasteiger partial charge < -0.3 is 14.8 Å². The van der Waals surface area contributed by atoms with Gasteiger partial charge in [-0.15, -0.1) is 0 Å². The lowest BCUT2D eigenvalue weighted by Gasteiger charge is -2.28. The van der Waals surface area contributed by atoms with E-state index >= 15 is 0 Å². The summed E-state index contributed by atoms with van der Waals surface area (Å²) < 4.78 is 0. The number of hydrogen-bond donors (Lipinski definition) is 1. The summed E-state index contributed by atoms with van der Waals surface area (Å²) in [4.78, 5) is 49.2. The van der Waals surface area contributed by atoms with Gasteiger partial charge in [-0.2, -0.15) is 0 Å². The molecular formula is C24H28N4O3. The number of nitrogens with one attached hydrogen (secondary N) is 1. The predicted molar refractivity (Wildman–Crippen MR) is 115 cm³/mol. The van der Waals surface area contributed by atoms with E-state index in [1.54, 1.807) is 0 Å². The van der Waals surface area contributed by atoms with Crippen LogP contribution in [0, 0.1) is 5.92 Å². The minimum Gasteiger partial charge on any atom is -0.342 e. The zero-order chi connectivity index (χ0) is 21.4. The molecule has 162 valence electrons. The zero-order valence-corrected chi connectivity index (χ0v) is 17.7. The molecule has 0 radical (unpaired) electrons. The summed E-state index contributed by atoms with van der Waals surface area (Å²) in [5, 5.41) is 0. The van der Waals surface area contributed by atoms with Crippen molar-refractivity contribution in [2.45, 2.75) is 51.0 Å². The number of nitrogens with zero attached hydrogens (tertiary/aromatic N) is 3. The molecule has 0 unspecified atom stereocenters. The zero-order valence-electron chi connectivity index (χ0n) is 17.7. The molecule has 31 heavy (non-hydrogen) atoms. The van der Waals surface area contributed by atoms with Crippen LogP contribution in [0.3, 0.4) is 0 Å². The van der Waals surface area contributed by atoms with Crippen LogP contribution in [-0.2, 0) is 29.0 Å². The van der Waals surface area contributed by atoms with Crippen molar-refractivity contribution >= 4 is 11.8 Å². The van der Waals surface area contributed by atoms with E-state index in [9.17, 15) is 14.4 Å². The second-order valence-corrected chi connectivity index (χ2v) is 8.97. The van der Waals surface area contributed by atoms with Crippen molar-refractivity contribution in [2.75, 3.05) is 19.6 Å². The normalized spacial score (nSPS) is 20.6. The molecule has 2 aliphatic heterocycles. The molecule has 0 spiro atoms. The van der Waals surface area contributed by atoms with Crippen molar-refractivity contribution in [3.8, 4) is 0 Å². The number of aryl methyl sites for hydroxylation is 1. The topological polar surface area (TPSA) is 86.4 Å². The number of hydrogen-bond acceptors (Lipinski definition) is 4. The number of benzene rings is 1. The summed E-state index contributed by atoms with van der Waals surface area (Å²) in [7, 11) is 0. The number of aromatic amines is 1. The molecule has 0 bridgehead atoms. The number of rotatable bonds is 5. The van der Waals surface area contributed by atoms with Gasteiger partial charge in [0.05, 0.1) is 12.2 Å². The highest BCUT2D eigenvalue weighted by molar-refractivity contribution is 5.81. The monoisotopic (exact) mass is 420 g/mol. The van der Waals surface area contributed by atoms with Gasteiger partial charge in [-0.25, -0.2) is 4.98 Å².